The van der Waals surface area contributed by atoms with Gasteiger partial charge in [-0.2, -0.15) is 9.61 Å². The molecule has 2 atom stereocenters. The quantitative estimate of drug-likeness (QED) is 0.636. The molecule has 3 heterocycles. The lowest BCUT2D eigenvalue weighted by Gasteiger charge is -2.38. The first kappa shape index (κ1) is 17.7. The van der Waals surface area contributed by atoms with Crippen molar-refractivity contribution in [2.75, 3.05) is 18.0 Å². The normalized spacial score (nSPS) is 22.5. The summed E-state index contributed by atoms with van der Waals surface area (Å²) in [5.41, 5.74) is 5.06. The molecule has 3 aromatic rings. The Balaban J connectivity index is 1.70. The Morgan fingerprint density at radius 1 is 1.04 bits per heavy atom. The summed E-state index contributed by atoms with van der Waals surface area (Å²) in [6.07, 6.45) is 5.80. The maximum absolute atomic E-state index is 13.8. The average molecular weight is 378 g/mol. The van der Waals surface area contributed by atoms with Gasteiger partial charge in [0.25, 0.3) is 0 Å². The smallest absolute Gasteiger partial charge is 0.158 e. The Bertz CT molecular complexity index is 1010. The third kappa shape index (κ3) is 3.07. The van der Waals surface area contributed by atoms with Crippen LogP contribution in [0.2, 0.25) is 0 Å². The Morgan fingerprint density at radius 3 is 2.61 bits per heavy atom. The predicted molar refractivity (Wildman–Crippen MR) is 110 cm³/mol. The molecule has 28 heavy (non-hydrogen) atoms. The fourth-order valence-electron chi connectivity index (χ4n) is 5.08. The Hall–Kier alpha value is -2.43. The first-order valence-corrected chi connectivity index (χ1v) is 10.5. The maximum atomic E-state index is 13.8. The molecule has 0 bridgehead atoms. The molecule has 0 radical (unpaired) electrons. The van der Waals surface area contributed by atoms with E-state index in [9.17, 15) is 4.39 Å². The van der Waals surface area contributed by atoms with E-state index in [-0.39, 0.29) is 5.82 Å². The molecule has 1 aromatic carbocycles. The van der Waals surface area contributed by atoms with Crippen molar-refractivity contribution in [2.45, 2.75) is 46.0 Å². The van der Waals surface area contributed by atoms with Crippen molar-refractivity contribution in [1.29, 1.82) is 0 Å². The second kappa shape index (κ2) is 6.87. The highest BCUT2D eigenvalue weighted by Gasteiger charge is 2.29. The van der Waals surface area contributed by atoms with Gasteiger partial charge in [-0.05, 0) is 56.1 Å². The van der Waals surface area contributed by atoms with Crippen molar-refractivity contribution in [3.05, 3.63) is 47.4 Å². The van der Waals surface area contributed by atoms with Crippen LogP contribution in [-0.2, 0) is 12.8 Å². The van der Waals surface area contributed by atoms with Crippen molar-refractivity contribution in [2.24, 2.45) is 11.8 Å². The number of aryl methyl sites for hydroxylation is 1. The molecule has 5 heteroatoms. The van der Waals surface area contributed by atoms with Crippen LogP contribution >= 0.6 is 0 Å². The van der Waals surface area contributed by atoms with Gasteiger partial charge in [-0.3, -0.25) is 0 Å². The predicted octanol–water partition coefficient (Wildman–Crippen LogP) is 4.90. The molecule has 1 saturated heterocycles. The SMILES string of the molecule is C[C@H]1C[C@H](C)CN(c2c3c(nc4cc(-c5cccc(F)c5)nn24)CCCC3)C1. The average Bonchev–Trinajstić information content (AvgIpc) is 3.08. The second-order valence-electron chi connectivity index (χ2n) is 8.73. The van der Waals surface area contributed by atoms with Crippen molar-refractivity contribution in [3.63, 3.8) is 0 Å². The summed E-state index contributed by atoms with van der Waals surface area (Å²) in [4.78, 5) is 7.49. The zero-order valence-electron chi connectivity index (χ0n) is 16.7. The van der Waals surface area contributed by atoms with Gasteiger partial charge in [-0.15, -0.1) is 0 Å². The summed E-state index contributed by atoms with van der Waals surface area (Å²) in [6, 6.07) is 8.67. The number of aromatic nitrogens is 3. The number of nitrogens with zero attached hydrogens (tertiary/aromatic N) is 4. The third-order valence-electron chi connectivity index (χ3n) is 6.14. The van der Waals surface area contributed by atoms with Crippen LogP contribution in [0, 0.1) is 17.7 Å². The number of anilines is 1. The summed E-state index contributed by atoms with van der Waals surface area (Å²) in [7, 11) is 0. The van der Waals surface area contributed by atoms with Crippen LogP contribution in [-0.4, -0.2) is 27.7 Å². The molecule has 5 rings (SSSR count). The Kier molecular flexibility index (Phi) is 4.33. The third-order valence-corrected chi connectivity index (χ3v) is 6.14. The first-order valence-electron chi connectivity index (χ1n) is 10.5. The minimum absolute atomic E-state index is 0.235. The molecule has 4 nitrogen and oxygen atoms in total. The number of fused-ring (bicyclic) bond motifs is 2. The highest BCUT2D eigenvalue weighted by molar-refractivity contribution is 5.67. The zero-order chi connectivity index (χ0) is 19.3. The summed E-state index contributed by atoms with van der Waals surface area (Å²) >= 11 is 0. The monoisotopic (exact) mass is 378 g/mol. The minimum atomic E-state index is -0.235. The molecule has 2 aliphatic rings. The number of rotatable bonds is 2. The van der Waals surface area contributed by atoms with Crippen molar-refractivity contribution >= 4 is 11.5 Å². The van der Waals surface area contributed by atoms with E-state index in [1.807, 2.05) is 16.6 Å². The van der Waals surface area contributed by atoms with Gasteiger partial charge in [0.2, 0.25) is 0 Å². The Labute approximate surface area is 165 Å². The van der Waals surface area contributed by atoms with Crippen LogP contribution in [0.5, 0.6) is 0 Å². The maximum Gasteiger partial charge on any atom is 0.158 e. The van der Waals surface area contributed by atoms with E-state index >= 15 is 0 Å². The van der Waals surface area contributed by atoms with Gasteiger partial charge < -0.3 is 4.90 Å². The summed E-state index contributed by atoms with van der Waals surface area (Å²) in [5, 5.41) is 4.90. The molecule has 0 spiro atoms. The van der Waals surface area contributed by atoms with E-state index in [2.05, 4.69) is 18.7 Å². The van der Waals surface area contributed by atoms with E-state index in [0.717, 1.165) is 42.8 Å². The summed E-state index contributed by atoms with van der Waals surface area (Å²) in [5.74, 6) is 2.33. The van der Waals surface area contributed by atoms with E-state index in [4.69, 9.17) is 10.1 Å². The molecule has 0 N–H and O–H groups in total. The zero-order valence-corrected chi connectivity index (χ0v) is 16.7. The van der Waals surface area contributed by atoms with E-state index < -0.39 is 0 Å². The van der Waals surface area contributed by atoms with Crippen molar-refractivity contribution in [3.8, 4) is 11.3 Å². The lowest BCUT2D eigenvalue weighted by Crippen LogP contribution is -2.40. The molecule has 0 unspecified atom stereocenters. The van der Waals surface area contributed by atoms with E-state index in [1.165, 1.54) is 42.4 Å². The largest absolute Gasteiger partial charge is 0.356 e. The van der Waals surface area contributed by atoms with Crippen molar-refractivity contribution < 1.29 is 4.39 Å². The van der Waals surface area contributed by atoms with E-state index in [1.54, 1.807) is 12.1 Å². The molecule has 146 valence electrons. The fourth-order valence-corrected chi connectivity index (χ4v) is 5.08. The molecule has 1 fully saturated rings. The van der Waals surface area contributed by atoms with Crippen LogP contribution in [0.25, 0.3) is 16.9 Å². The highest BCUT2D eigenvalue weighted by atomic mass is 19.1. The fraction of sp³-hybridized carbons (Fsp3) is 0.478. The van der Waals surface area contributed by atoms with Crippen LogP contribution in [0.4, 0.5) is 10.2 Å². The van der Waals surface area contributed by atoms with Crippen LogP contribution < -0.4 is 4.90 Å². The van der Waals surface area contributed by atoms with Gasteiger partial charge in [-0.25, -0.2) is 9.37 Å². The van der Waals surface area contributed by atoms with Crippen LogP contribution in [0.15, 0.2) is 30.3 Å². The lowest BCUT2D eigenvalue weighted by molar-refractivity contribution is 0.353. The molecule has 0 amide bonds. The highest BCUT2D eigenvalue weighted by Crippen LogP contribution is 2.35. The number of benzene rings is 1. The van der Waals surface area contributed by atoms with Crippen molar-refractivity contribution in [1.82, 2.24) is 14.6 Å². The van der Waals surface area contributed by atoms with Gasteiger partial charge >= 0.3 is 0 Å². The molecule has 0 saturated carbocycles. The lowest BCUT2D eigenvalue weighted by atomic mass is 9.90. The topological polar surface area (TPSA) is 33.4 Å². The number of hydrogen-bond donors (Lipinski definition) is 0. The number of piperidine rings is 1. The molecule has 2 aromatic heterocycles. The van der Waals surface area contributed by atoms with Crippen LogP contribution in [0.3, 0.4) is 0 Å². The standard InChI is InChI=1S/C23H27FN4/c1-15-10-16(2)14-27(13-15)23-19-8-3-4-9-20(19)25-22-12-21(26-28(22)23)17-6-5-7-18(24)11-17/h5-7,11-12,15-16H,3-4,8-10,13-14H2,1-2H3/t15-,16-/m0/s1. The Morgan fingerprint density at radius 2 is 1.82 bits per heavy atom. The number of hydrogen-bond acceptors (Lipinski definition) is 3. The first-order chi connectivity index (χ1) is 13.6. The van der Waals surface area contributed by atoms with Gasteiger partial charge in [0.1, 0.15) is 11.6 Å². The molecular weight excluding hydrogens is 351 g/mol. The van der Waals surface area contributed by atoms with Gasteiger partial charge in [-0.1, -0.05) is 26.0 Å². The molecular formula is C23H27FN4. The number of halogens is 1. The van der Waals surface area contributed by atoms with Gasteiger partial charge in [0, 0.05) is 36.0 Å². The summed E-state index contributed by atoms with van der Waals surface area (Å²) < 4.78 is 15.8. The minimum Gasteiger partial charge on any atom is -0.356 e. The van der Waals surface area contributed by atoms with Gasteiger partial charge in [0.05, 0.1) is 5.69 Å². The van der Waals surface area contributed by atoms with Gasteiger partial charge in [0.15, 0.2) is 5.65 Å². The summed E-state index contributed by atoms with van der Waals surface area (Å²) in [6.45, 7) is 6.81. The second-order valence-corrected chi connectivity index (χ2v) is 8.73. The van der Waals surface area contributed by atoms with Crippen LogP contribution in [0.1, 0.15) is 44.4 Å². The molecule has 1 aliphatic heterocycles. The molecule has 1 aliphatic carbocycles. The van der Waals surface area contributed by atoms with E-state index in [0.29, 0.717) is 11.8 Å².